The first kappa shape index (κ1) is 9.58. The Morgan fingerprint density at radius 1 is 1.54 bits per heavy atom. The number of phenols is 1. The largest absolute Gasteiger partial charge is 0.508 e. The molecule has 0 amide bonds. The molecule has 1 rings (SSSR count). The summed E-state index contributed by atoms with van der Waals surface area (Å²) in [7, 11) is 0. The number of phenolic OH excluding ortho intramolecular Hbond substituents is 1. The molecule has 0 aliphatic carbocycles. The molecule has 1 aromatic carbocycles. The van der Waals surface area contributed by atoms with E-state index in [1.165, 1.54) is 13.0 Å². The monoisotopic (exact) mass is 180 g/mol. The number of benzene rings is 1. The summed E-state index contributed by atoms with van der Waals surface area (Å²) in [5, 5.41) is 9.30. The Labute approximate surface area is 77.0 Å². The number of aryl methyl sites for hydroxylation is 1. The lowest BCUT2D eigenvalue weighted by atomic mass is 10.2. The molecule has 0 radical (unpaired) electrons. The molecule has 0 saturated heterocycles. The van der Waals surface area contributed by atoms with Gasteiger partial charge in [0.15, 0.2) is 5.78 Å². The molecule has 0 spiro atoms. The lowest BCUT2D eigenvalue weighted by Gasteiger charge is -2.05. The number of hydrogen-bond donors (Lipinski definition) is 1. The number of ketones is 1. The highest BCUT2D eigenvalue weighted by molar-refractivity contribution is 5.77. The summed E-state index contributed by atoms with van der Waals surface area (Å²) in [6, 6.07) is 4.96. The van der Waals surface area contributed by atoms with Crippen molar-refractivity contribution in [2.24, 2.45) is 0 Å². The van der Waals surface area contributed by atoms with Crippen LogP contribution in [0.15, 0.2) is 18.2 Å². The van der Waals surface area contributed by atoms with Crippen molar-refractivity contribution < 1.29 is 14.6 Å². The molecule has 0 fully saturated rings. The van der Waals surface area contributed by atoms with Gasteiger partial charge in [0.2, 0.25) is 0 Å². The van der Waals surface area contributed by atoms with Gasteiger partial charge in [0.1, 0.15) is 18.1 Å². The number of Topliss-reactive ketones (excluding diaryl/α,β-unsaturated/α-hetero) is 1. The average Bonchev–Trinajstić information content (AvgIpc) is 2.07. The van der Waals surface area contributed by atoms with Gasteiger partial charge in [-0.15, -0.1) is 0 Å². The van der Waals surface area contributed by atoms with E-state index in [0.29, 0.717) is 5.75 Å². The fraction of sp³-hybridized carbons (Fsp3) is 0.300. The quantitative estimate of drug-likeness (QED) is 0.769. The molecule has 0 bridgehead atoms. The second-order valence-corrected chi connectivity index (χ2v) is 2.94. The first-order chi connectivity index (χ1) is 6.09. The number of aromatic hydroxyl groups is 1. The van der Waals surface area contributed by atoms with Gasteiger partial charge in [-0.1, -0.05) is 6.07 Å². The summed E-state index contributed by atoms with van der Waals surface area (Å²) in [5.74, 6) is 0.652. The van der Waals surface area contributed by atoms with Crippen LogP contribution in [0, 0.1) is 6.92 Å². The second-order valence-electron chi connectivity index (χ2n) is 2.94. The summed E-state index contributed by atoms with van der Waals surface area (Å²) in [6.07, 6.45) is 0. The van der Waals surface area contributed by atoms with Gasteiger partial charge in [-0.25, -0.2) is 0 Å². The van der Waals surface area contributed by atoms with Crippen LogP contribution in [-0.4, -0.2) is 17.5 Å². The lowest BCUT2D eigenvalue weighted by Crippen LogP contribution is -2.06. The molecule has 0 atom stereocenters. The van der Waals surface area contributed by atoms with Gasteiger partial charge in [0.25, 0.3) is 0 Å². The van der Waals surface area contributed by atoms with Crippen LogP contribution in [0.1, 0.15) is 12.5 Å². The van der Waals surface area contributed by atoms with E-state index in [1.54, 1.807) is 19.1 Å². The summed E-state index contributed by atoms with van der Waals surface area (Å²) in [5.41, 5.74) is 0.787. The second kappa shape index (κ2) is 3.94. The van der Waals surface area contributed by atoms with Crippen molar-refractivity contribution in [1.29, 1.82) is 0 Å². The molecule has 0 heterocycles. The number of carbonyl (C=O) groups excluding carboxylic acids is 1. The molecule has 13 heavy (non-hydrogen) atoms. The molecule has 0 unspecified atom stereocenters. The summed E-state index contributed by atoms with van der Waals surface area (Å²) < 4.78 is 5.09. The fourth-order valence-corrected chi connectivity index (χ4v) is 0.864. The summed E-state index contributed by atoms with van der Waals surface area (Å²) in [6.45, 7) is 3.29. The van der Waals surface area contributed by atoms with E-state index < -0.39 is 0 Å². The smallest absolute Gasteiger partial charge is 0.167 e. The van der Waals surface area contributed by atoms with E-state index >= 15 is 0 Å². The third kappa shape index (κ3) is 2.78. The van der Waals surface area contributed by atoms with E-state index in [-0.39, 0.29) is 18.1 Å². The third-order valence-corrected chi connectivity index (χ3v) is 1.62. The predicted molar refractivity (Wildman–Crippen MR) is 49.0 cm³/mol. The number of ether oxygens (including phenoxy) is 1. The van der Waals surface area contributed by atoms with Gasteiger partial charge >= 0.3 is 0 Å². The Kier molecular flexibility index (Phi) is 2.90. The first-order valence-corrected chi connectivity index (χ1v) is 4.01. The zero-order valence-electron chi connectivity index (χ0n) is 7.70. The van der Waals surface area contributed by atoms with Gasteiger partial charge in [-0.3, -0.25) is 4.79 Å². The van der Waals surface area contributed by atoms with Crippen LogP contribution in [0.3, 0.4) is 0 Å². The fourth-order valence-electron chi connectivity index (χ4n) is 0.864. The molecule has 0 aliphatic rings. The molecule has 1 aromatic rings. The molecule has 70 valence electrons. The van der Waals surface area contributed by atoms with Crippen molar-refractivity contribution >= 4 is 5.78 Å². The van der Waals surface area contributed by atoms with Crippen LogP contribution >= 0.6 is 0 Å². The van der Waals surface area contributed by atoms with E-state index in [0.717, 1.165) is 5.56 Å². The van der Waals surface area contributed by atoms with E-state index in [2.05, 4.69) is 0 Å². The Morgan fingerprint density at radius 2 is 2.23 bits per heavy atom. The topological polar surface area (TPSA) is 46.5 Å². The maximum absolute atomic E-state index is 10.6. The van der Waals surface area contributed by atoms with Crippen LogP contribution in [0.25, 0.3) is 0 Å². The Morgan fingerprint density at radius 3 is 2.77 bits per heavy atom. The molecule has 1 N–H and O–H groups in total. The molecule has 3 nitrogen and oxygen atoms in total. The maximum Gasteiger partial charge on any atom is 0.167 e. The standard InChI is InChI=1S/C10H12O3/c1-7-3-4-9(5-10(7)12)13-6-8(2)11/h3-5,12H,6H2,1-2H3. The minimum atomic E-state index is -0.0416. The van der Waals surface area contributed by atoms with E-state index in [9.17, 15) is 9.90 Å². The highest BCUT2D eigenvalue weighted by Gasteiger charge is 2.00. The third-order valence-electron chi connectivity index (χ3n) is 1.62. The minimum Gasteiger partial charge on any atom is -0.508 e. The van der Waals surface area contributed by atoms with Crippen molar-refractivity contribution in [3.8, 4) is 11.5 Å². The van der Waals surface area contributed by atoms with Crippen molar-refractivity contribution in [3.05, 3.63) is 23.8 Å². The number of rotatable bonds is 3. The van der Waals surface area contributed by atoms with Gasteiger partial charge in [-0.05, 0) is 25.5 Å². The van der Waals surface area contributed by atoms with Gasteiger partial charge in [0.05, 0.1) is 0 Å². The number of carbonyl (C=O) groups is 1. The average molecular weight is 180 g/mol. The zero-order valence-corrected chi connectivity index (χ0v) is 7.70. The molecular formula is C10H12O3. The summed E-state index contributed by atoms with van der Waals surface area (Å²) >= 11 is 0. The highest BCUT2D eigenvalue weighted by atomic mass is 16.5. The van der Waals surface area contributed by atoms with Crippen molar-refractivity contribution in [2.75, 3.05) is 6.61 Å². The van der Waals surface area contributed by atoms with E-state index in [4.69, 9.17) is 4.74 Å². The first-order valence-electron chi connectivity index (χ1n) is 4.01. The Bertz CT molecular complexity index is 318. The maximum atomic E-state index is 10.6. The molecule has 0 aromatic heterocycles. The predicted octanol–water partition coefficient (Wildman–Crippen LogP) is 1.67. The minimum absolute atomic E-state index is 0.0416. The van der Waals surface area contributed by atoms with Crippen molar-refractivity contribution in [2.45, 2.75) is 13.8 Å². The Balaban J connectivity index is 2.68. The van der Waals surface area contributed by atoms with Crippen molar-refractivity contribution in [1.82, 2.24) is 0 Å². The normalized spacial score (nSPS) is 9.69. The van der Waals surface area contributed by atoms with Gasteiger partial charge in [-0.2, -0.15) is 0 Å². The molecular weight excluding hydrogens is 168 g/mol. The van der Waals surface area contributed by atoms with E-state index in [1.807, 2.05) is 0 Å². The molecule has 0 aliphatic heterocycles. The van der Waals surface area contributed by atoms with Crippen molar-refractivity contribution in [3.63, 3.8) is 0 Å². The van der Waals surface area contributed by atoms with Crippen LogP contribution in [0.4, 0.5) is 0 Å². The molecule has 3 heteroatoms. The van der Waals surface area contributed by atoms with Crippen LogP contribution < -0.4 is 4.74 Å². The van der Waals surface area contributed by atoms with Crippen LogP contribution in [0.2, 0.25) is 0 Å². The molecule has 0 saturated carbocycles. The van der Waals surface area contributed by atoms with Crippen LogP contribution in [-0.2, 0) is 4.79 Å². The van der Waals surface area contributed by atoms with Crippen LogP contribution in [0.5, 0.6) is 11.5 Å². The van der Waals surface area contributed by atoms with Gasteiger partial charge in [0, 0.05) is 6.07 Å². The lowest BCUT2D eigenvalue weighted by molar-refractivity contribution is -0.118. The van der Waals surface area contributed by atoms with Gasteiger partial charge < -0.3 is 9.84 Å². The summed E-state index contributed by atoms with van der Waals surface area (Å²) in [4.78, 5) is 10.6. The zero-order chi connectivity index (χ0) is 9.84. The SMILES string of the molecule is CC(=O)COc1ccc(C)c(O)c1. The Hall–Kier alpha value is -1.51. The highest BCUT2D eigenvalue weighted by Crippen LogP contribution is 2.22. The number of hydrogen-bond acceptors (Lipinski definition) is 3.